The minimum Gasteiger partial charge on any atom is -0.345 e. The maximum absolute atomic E-state index is 12.5. The minimum atomic E-state index is -3.65. The molecule has 0 bridgehead atoms. The van der Waals surface area contributed by atoms with E-state index in [2.05, 4.69) is 20.0 Å². The summed E-state index contributed by atoms with van der Waals surface area (Å²) in [6.07, 6.45) is 1.80. The van der Waals surface area contributed by atoms with E-state index in [4.69, 9.17) is 0 Å². The van der Waals surface area contributed by atoms with E-state index in [9.17, 15) is 13.2 Å². The molecule has 0 spiro atoms. The molecule has 3 aromatic rings. The van der Waals surface area contributed by atoms with Gasteiger partial charge in [0.05, 0.1) is 28.7 Å². The number of nitrogens with one attached hydrogen (secondary N) is 3. The number of amides is 1. The van der Waals surface area contributed by atoms with Crippen LogP contribution in [0.2, 0.25) is 0 Å². The number of imidazole rings is 1. The van der Waals surface area contributed by atoms with E-state index in [1.165, 1.54) is 12.1 Å². The Hall–Kier alpha value is -2.71. The molecule has 7 nitrogen and oxygen atoms in total. The fourth-order valence-corrected chi connectivity index (χ4v) is 3.80. The highest BCUT2D eigenvalue weighted by molar-refractivity contribution is 7.89. The van der Waals surface area contributed by atoms with Crippen LogP contribution in [0.3, 0.4) is 0 Å². The van der Waals surface area contributed by atoms with Crippen LogP contribution in [-0.2, 0) is 27.8 Å². The van der Waals surface area contributed by atoms with Crippen molar-refractivity contribution in [1.82, 2.24) is 14.7 Å². The molecule has 0 atom stereocenters. The number of aromatic amines is 1. The van der Waals surface area contributed by atoms with E-state index in [-0.39, 0.29) is 23.8 Å². The number of rotatable bonds is 4. The number of aromatic nitrogens is 2. The number of H-pyrrole nitrogens is 1. The van der Waals surface area contributed by atoms with Crippen LogP contribution in [0.25, 0.3) is 11.0 Å². The molecule has 1 aromatic heterocycles. The van der Waals surface area contributed by atoms with Crippen molar-refractivity contribution >= 4 is 32.7 Å². The Morgan fingerprint density at radius 3 is 2.92 bits per heavy atom. The van der Waals surface area contributed by atoms with Gasteiger partial charge in [-0.1, -0.05) is 6.07 Å². The van der Waals surface area contributed by atoms with Crippen molar-refractivity contribution in [3.05, 3.63) is 53.9 Å². The lowest BCUT2D eigenvalue weighted by Gasteiger charge is -2.08. The van der Waals surface area contributed by atoms with Gasteiger partial charge in [0.2, 0.25) is 15.9 Å². The van der Waals surface area contributed by atoms with Gasteiger partial charge in [-0.05, 0) is 41.5 Å². The number of hydrogen-bond donors (Lipinski definition) is 3. The molecule has 122 valence electrons. The molecule has 0 radical (unpaired) electrons. The lowest BCUT2D eigenvalue weighted by Crippen LogP contribution is -2.23. The normalized spacial score (nSPS) is 13.9. The zero-order valence-electron chi connectivity index (χ0n) is 12.5. The Labute approximate surface area is 138 Å². The second-order valence-electron chi connectivity index (χ2n) is 5.62. The molecule has 1 aliphatic rings. The van der Waals surface area contributed by atoms with Crippen molar-refractivity contribution in [1.29, 1.82) is 0 Å². The van der Waals surface area contributed by atoms with Crippen LogP contribution in [-0.4, -0.2) is 24.3 Å². The van der Waals surface area contributed by atoms with Gasteiger partial charge in [-0.15, -0.1) is 0 Å². The third-order valence-electron chi connectivity index (χ3n) is 3.96. The summed E-state index contributed by atoms with van der Waals surface area (Å²) in [4.78, 5) is 18.6. The summed E-state index contributed by atoms with van der Waals surface area (Å²) in [5, 5.41) is 2.68. The number of nitrogens with zero attached hydrogens (tertiary/aromatic N) is 1. The van der Waals surface area contributed by atoms with Gasteiger partial charge in [0.1, 0.15) is 0 Å². The molecule has 1 aliphatic heterocycles. The second-order valence-corrected chi connectivity index (χ2v) is 7.39. The third kappa shape index (κ3) is 2.66. The number of anilines is 1. The maximum Gasteiger partial charge on any atom is 0.240 e. The average Bonchev–Trinajstić information content (AvgIpc) is 3.16. The zero-order chi connectivity index (χ0) is 16.7. The van der Waals surface area contributed by atoms with Gasteiger partial charge in [-0.2, -0.15) is 0 Å². The average molecular weight is 342 g/mol. The summed E-state index contributed by atoms with van der Waals surface area (Å²) in [7, 11) is -3.65. The van der Waals surface area contributed by atoms with Gasteiger partial charge in [-0.25, -0.2) is 18.1 Å². The lowest BCUT2D eigenvalue weighted by atomic mass is 10.2. The summed E-state index contributed by atoms with van der Waals surface area (Å²) >= 11 is 0. The van der Waals surface area contributed by atoms with Gasteiger partial charge in [0.25, 0.3) is 0 Å². The van der Waals surface area contributed by atoms with Crippen LogP contribution in [0.1, 0.15) is 11.1 Å². The molecule has 2 aromatic carbocycles. The predicted octanol–water partition coefficient (Wildman–Crippen LogP) is 1.54. The van der Waals surface area contributed by atoms with Crippen LogP contribution in [0, 0.1) is 0 Å². The number of fused-ring (bicyclic) bond motifs is 2. The van der Waals surface area contributed by atoms with Gasteiger partial charge < -0.3 is 10.3 Å². The Kier molecular flexibility index (Phi) is 3.36. The highest BCUT2D eigenvalue weighted by atomic mass is 32.2. The number of benzene rings is 2. The molecule has 0 unspecified atom stereocenters. The first-order valence-electron chi connectivity index (χ1n) is 7.36. The van der Waals surface area contributed by atoms with Crippen molar-refractivity contribution in [2.75, 3.05) is 5.32 Å². The molecule has 0 saturated heterocycles. The summed E-state index contributed by atoms with van der Waals surface area (Å²) in [5.74, 6) is -0.125. The maximum atomic E-state index is 12.5. The van der Waals surface area contributed by atoms with E-state index >= 15 is 0 Å². The summed E-state index contributed by atoms with van der Waals surface area (Å²) < 4.78 is 27.5. The molecule has 8 heteroatoms. The smallest absolute Gasteiger partial charge is 0.240 e. The fraction of sp³-hybridized carbons (Fsp3) is 0.125. The third-order valence-corrected chi connectivity index (χ3v) is 5.36. The monoisotopic (exact) mass is 342 g/mol. The Morgan fingerprint density at radius 1 is 1.17 bits per heavy atom. The van der Waals surface area contributed by atoms with Gasteiger partial charge >= 0.3 is 0 Å². The Bertz CT molecular complexity index is 1060. The number of sulfonamides is 1. The second kappa shape index (κ2) is 5.43. The van der Waals surface area contributed by atoms with Crippen LogP contribution in [0.4, 0.5) is 5.69 Å². The summed E-state index contributed by atoms with van der Waals surface area (Å²) in [5.41, 5.74) is 3.88. The first-order chi connectivity index (χ1) is 11.5. The van der Waals surface area contributed by atoms with Crippen molar-refractivity contribution in [2.24, 2.45) is 0 Å². The first-order valence-corrected chi connectivity index (χ1v) is 8.84. The summed E-state index contributed by atoms with van der Waals surface area (Å²) in [6, 6.07) is 10.2. The van der Waals surface area contributed by atoms with E-state index in [1.807, 2.05) is 18.2 Å². The Morgan fingerprint density at radius 2 is 2.04 bits per heavy atom. The molecule has 2 heterocycles. The topological polar surface area (TPSA) is 104 Å². The zero-order valence-corrected chi connectivity index (χ0v) is 13.4. The quantitative estimate of drug-likeness (QED) is 0.669. The fourth-order valence-electron chi connectivity index (χ4n) is 2.73. The number of carbonyl (C=O) groups excluding carboxylic acids is 1. The largest absolute Gasteiger partial charge is 0.345 e. The summed E-state index contributed by atoms with van der Waals surface area (Å²) in [6.45, 7) is 0.172. The molecular formula is C16H14N4O3S. The molecule has 4 rings (SSSR count). The molecule has 3 N–H and O–H groups in total. The van der Waals surface area contributed by atoms with Crippen molar-refractivity contribution in [3.8, 4) is 0 Å². The van der Waals surface area contributed by atoms with Crippen LogP contribution in [0.5, 0.6) is 0 Å². The van der Waals surface area contributed by atoms with E-state index in [0.29, 0.717) is 11.3 Å². The van der Waals surface area contributed by atoms with E-state index in [1.54, 1.807) is 12.4 Å². The molecular weight excluding hydrogens is 328 g/mol. The van der Waals surface area contributed by atoms with Gasteiger partial charge in [0, 0.05) is 12.2 Å². The van der Waals surface area contributed by atoms with Crippen molar-refractivity contribution < 1.29 is 13.2 Å². The van der Waals surface area contributed by atoms with E-state index < -0.39 is 10.0 Å². The standard InChI is InChI=1S/C16H14N4O3S/c21-16-7-11-6-12(2-4-13(11)20-16)24(22,23)19-8-10-1-3-14-15(5-10)18-9-17-14/h1-6,9,19H,7-8H2,(H,17,18)(H,20,21). The van der Waals surface area contributed by atoms with Crippen LogP contribution >= 0.6 is 0 Å². The minimum absolute atomic E-state index is 0.125. The van der Waals surface area contributed by atoms with Crippen LogP contribution < -0.4 is 10.0 Å². The lowest BCUT2D eigenvalue weighted by molar-refractivity contribution is -0.115. The van der Waals surface area contributed by atoms with Crippen LogP contribution in [0.15, 0.2) is 47.6 Å². The number of hydrogen-bond acceptors (Lipinski definition) is 4. The number of carbonyl (C=O) groups is 1. The van der Waals surface area contributed by atoms with Crippen molar-refractivity contribution in [3.63, 3.8) is 0 Å². The van der Waals surface area contributed by atoms with Gasteiger partial charge in [0.15, 0.2) is 0 Å². The van der Waals surface area contributed by atoms with Crippen molar-refractivity contribution in [2.45, 2.75) is 17.9 Å². The molecule has 1 amide bonds. The highest BCUT2D eigenvalue weighted by Crippen LogP contribution is 2.25. The predicted molar refractivity (Wildman–Crippen MR) is 88.9 cm³/mol. The molecule has 0 saturated carbocycles. The first kappa shape index (κ1) is 14.9. The SMILES string of the molecule is O=C1Cc2cc(S(=O)(=O)NCc3ccc4nc[nH]c4c3)ccc2N1. The van der Waals surface area contributed by atoms with E-state index in [0.717, 1.165) is 16.6 Å². The molecule has 24 heavy (non-hydrogen) atoms. The molecule has 0 aliphatic carbocycles. The Balaban J connectivity index is 1.55. The highest BCUT2D eigenvalue weighted by Gasteiger charge is 2.21. The molecule has 0 fully saturated rings. The van der Waals surface area contributed by atoms with Gasteiger partial charge in [-0.3, -0.25) is 4.79 Å².